The third kappa shape index (κ3) is 5.53. The largest absolute Gasteiger partial charge is 0.462 e. The first-order chi connectivity index (χ1) is 13.9. The average molecular weight is 445 g/mol. The second-order valence-electron chi connectivity index (χ2n) is 6.17. The Morgan fingerprint density at radius 1 is 1.03 bits per heavy atom. The van der Waals surface area contributed by atoms with Gasteiger partial charge in [-0.15, -0.1) is 0 Å². The molecule has 10 heteroatoms. The first-order valence-corrected chi connectivity index (χ1v) is 9.34. The molecule has 1 saturated heterocycles. The van der Waals surface area contributed by atoms with E-state index in [-0.39, 0.29) is 5.75 Å². The molecule has 1 heterocycles. The van der Waals surface area contributed by atoms with Gasteiger partial charge in [0.1, 0.15) is 29.5 Å². The van der Waals surface area contributed by atoms with E-state index in [1.807, 2.05) is 0 Å². The molecule has 0 amide bonds. The molecule has 1 aliphatic rings. The molecular formula is C19H18ClFO7S. The molecule has 156 valence electrons. The van der Waals surface area contributed by atoms with Gasteiger partial charge in [0.25, 0.3) is 0 Å². The molecule has 5 atom stereocenters. The Kier molecular flexibility index (Phi) is 7.23. The number of benzene rings is 2. The summed E-state index contributed by atoms with van der Waals surface area (Å²) in [5.74, 6) is 0.1000. The number of thiocarbonyl (C=S) groups is 1. The highest BCUT2D eigenvalue weighted by molar-refractivity contribution is 7.79. The van der Waals surface area contributed by atoms with Crippen molar-refractivity contribution < 1.29 is 38.7 Å². The lowest BCUT2D eigenvalue weighted by Gasteiger charge is -2.41. The summed E-state index contributed by atoms with van der Waals surface area (Å²) in [6.45, 7) is -0.556. The minimum absolute atomic E-state index is 0.208. The summed E-state index contributed by atoms with van der Waals surface area (Å²) in [5, 5.41) is 30.5. The standard InChI is InChI=1S/C19H18ClFO7S/c20-10-1-5-12(6-2-10)25-18-16(24)17(15(23)14(9-22)27-18)28-19(29)26-13-7-3-11(21)4-8-13/h1-8,14-18,22-24H,9H2/t14-,15+,16-,17+,18-/m1/s1. The summed E-state index contributed by atoms with van der Waals surface area (Å²) < 4.78 is 34.7. The molecule has 0 saturated carbocycles. The molecule has 0 unspecified atom stereocenters. The molecule has 29 heavy (non-hydrogen) atoms. The minimum atomic E-state index is -1.47. The Labute approximate surface area is 176 Å². The Morgan fingerprint density at radius 2 is 1.66 bits per heavy atom. The van der Waals surface area contributed by atoms with E-state index in [4.69, 9.17) is 42.8 Å². The van der Waals surface area contributed by atoms with Gasteiger partial charge < -0.3 is 34.3 Å². The smallest absolute Gasteiger partial charge is 0.358 e. The monoisotopic (exact) mass is 444 g/mol. The molecule has 3 N–H and O–H groups in total. The van der Waals surface area contributed by atoms with Gasteiger partial charge in [-0.1, -0.05) is 11.6 Å². The zero-order chi connectivity index (χ0) is 21.0. The Hall–Kier alpha value is -2.01. The van der Waals surface area contributed by atoms with E-state index in [9.17, 15) is 19.7 Å². The van der Waals surface area contributed by atoms with Crippen molar-refractivity contribution in [1.29, 1.82) is 0 Å². The number of rotatable bonds is 5. The van der Waals surface area contributed by atoms with Crippen LogP contribution in [0.4, 0.5) is 4.39 Å². The van der Waals surface area contributed by atoms with Crippen LogP contribution in [0.15, 0.2) is 48.5 Å². The van der Waals surface area contributed by atoms with Crippen molar-refractivity contribution in [3.8, 4) is 11.5 Å². The number of halogens is 2. The van der Waals surface area contributed by atoms with Crippen LogP contribution in [0.1, 0.15) is 0 Å². The molecule has 2 aromatic rings. The lowest BCUT2D eigenvalue weighted by atomic mass is 9.99. The van der Waals surface area contributed by atoms with E-state index in [1.54, 1.807) is 24.3 Å². The Balaban J connectivity index is 1.70. The van der Waals surface area contributed by atoms with Crippen LogP contribution < -0.4 is 9.47 Å². The highest BCUT2D eigenvalue weighted by Gasteiger charge is 2.47. The van der Waals surface area contributed by atoms with Gasteiger partial charge in [-0.3, -0.25) is 0 Å². The zero-order valence-electron chi connectivity index (χ0n) is 14.9. The molecule has 7 nitrogen and oxygen atoms in total. The van der Waals surface area contributed by atoms with E-state index in [1.165, 1.54) is 24.3 Å². The third-order valence-electron chi connectivity index (χ3n) is 4.13. The first-order valence-electron chi connectivity index (χ1n) is 8.56. The summed E-state index contributed by atoms with van der Waals surface area (Å²) in [6, 6.07) is 11.3. The van der Waals surface area contributed by atoms with Gasteiger partial charge >= 0.3 is 5.24 Å². The predicted molar refractivity (Wildman–Crippen MR) is 104 cm³/mol. The van der Waals surface area contributed by atoms with Crippen LogP contribution in [0.5, 0.6) is 11.5 Å². The minimum Gasteiger partial charge on any atom is -0.462 e. The second kappa shape index (κ2) is 9.66. The maximum absolute atomic E-state index is 13.0. The fraction of sp³-hybridized carbons (Fsp3) is 0.316. The molecule has 3 rings (SSSR count). The van der Waals surface area contributed by atoms with Crippen molar-refractivity contribution in [2.45, 2.75) is 30.7 Å². The molecule has 2 aromatic carbocycles. The van der Waals surface area contributed by atoms with Crippen molar-refractivity contribution in [2.75, 3.05) is 6.61 Å². The zero-order valence-corrected chi connectivity index (χ0v) is 16.4. The van der Waals surface area contributed by atoms with Gasteiger partial charge in [0, 0.05) is 17.2 Å². The van der Waals surface area contributed by atoms with Crippen molar-refractivity contribution in [2.24, 2.45) is 0 Å². The van der Waals surface area contributed by atoms with Crippen molar-refractivity contribution in [3.05, 3.63) is 59.4 Å². The number of ether oxygens (including phenoxy) is 4. The summed E-state index contributed by atoms with van der Waals surface area (Å²) in [7, 11) is 0. The molecule has 0 aromatic heterocycles. The highest BCUT2D eigenvalue weighted by Crippen LogP contribution is 2.27. The van der Waals surface area contributed by atoms with Crippen LogP contribution in [0.25, 0.3) is 0 Å². The normalized spacial score (nSPS) is 26.6. The van der Waals surface area contributed by atoms with Crippen molar-refractivity contribution in [3.63, 3.8) is 0 Å². The van der Waals surface area contributed by atoms with Crippen LogP contribution >= 0.6 is 23.8 Å². The summed E-state index contributed by atoms with van der Waals surface area (Å²) in [5.41, 5.74) is 0. The van der Waals surface area contributed by atoms with Crippen LogP contribution in [0.2, 0.25) is 5.02 Å². The van der Waals surface area contributed by atoms with Gasteiger partial charge in [0.2, 0.25) is 6.29 Å². The summed E-state index contributed by atoms with van der Waals surface area (Å²) >= 11 is 10.8. The summed E-state index contributed by atoms with van der Waals surface area (Å²) in [4.78, 5) is 0. The van der Waals surface area contributed by atoms with Gasteiger partial charge in [0.15, 0.2) is 12.2 Å². The molecular weight excluding hydrogens is 427 g/mol. The van der Waals surface area contributed by atoms with Crippen molar-refractivity contribution >= 4 is 29.1 Å². The topological polar surface area (TPSA) is 97.6 Å². The fourth-order valence-electron chi connectivity index (χ4n) is 2.67. The predicted octanol–water partition coefficient (Wildman–Crippen LogP) is 2.05. The van der Waals surface area contributed by atoms with Crippen LogP contribution in [-0.2, 0) is 9.47 Å². The second-order valence-corrected chi connectivity index (χ2v) is 6.94. The quantitative estimate of drug-likeness (QED) is 0.603. The molecule has 0 spiro atoms. The number of hydrogen-bond donors (Lipinski definition) is 3. The van der Waals surface area contributed by atoms with E-state index >= 15 is 0 Å². The van der Waals surface area contributed by atoms with E-state index in [0.29, 0.717) is 10.8 Å². The fourth-order valence-corrected chi connectivity index (χ4v) is 3.00. The van der Waals surface area contributed by atoms with Crippen LogP contribution in [-0.4, -0.2) is 57.9 Å². The lowest BCUT2D eigenvalue weighted by molar-refractivity contribution is -0.275. The Bertz CT molecular complexity index is 820. The summed E-state index contributed by atoms with van der Waals surface area (Å²) in [6.07, 6.45) is -6.58. The number of aliphatic hydroxyl groups excluding tert-OH is 3. The van der Waals surface area contributed by atoms with Gasteiger partial charge in [0.05, 0.1) is 6.61 Å². The number of hydrogen-bond acceptors (Lipinski definition) is 8. The van der Waals surface area contributed by atoms with E-state index < -0.39 is 48.4 Å². The first kappa shape index (κ1) is 21.7. The Morgan fingerprint density at radius 3 is 2.28 bits per heavy atom. The molecule has 0 bridgehead atoms. The maximum Gasteiger partial charge on any atom is 0.358 e. The van der Waals surface area contributed by atoms with E-state index in [0.717, 1.165) is 0 Å². The third-order valence-corrected chi connectivity index (χ3v) is 4.57. The lowest BCUT2D eigenvalue weighted by Crippen LogP contribution is -2.61. The highest BCUT2D eigenvalue weighted by atomic mass is 35.5. The molecule has 1 fully saturated rings. The van der Waals surface area contributed by atoms with Crippen LogP contribution in [0.3, 0.4) is 0 Å². The van der Waals surface area contributed by atoms with Crippen molar-refractivity contribution in [1.82, 2.24) is 0 Å². The molecule has 1 aliphatic heterocycles. The van der Waals surface area contributed by atoms with Gasteiger partial charge in [-0.25, -0.2) is 4.39 Å². The van der Waals surface area contributed by atoms with Crippen LogP contribution in [0, 0.1) is 5.82 Å². The van der Waals surface area contributed by atoms with Gasteiger partial charge in [-0.2, -0.15) is 0 Å². The van der Waals surface area contributed by atoms with Gasteiger partial charge in [-0.05, 0) is 48.5 Å². The average Bonchev–Trinajstić information content (AvgIpc) is 2.70. The number of aliphatic hydroxyl groups is 3. The molecule has 0 aliphatic carbocycles. The van der Waals surface area contributed by atoms with E-state index in [2.05, 4.69) is 0 Å². The SMILES string of the molecule is OC[C@H]1O[C@@H](Oc2ccc(Cl)cc2)[C@H](O)[C@@H](OC(=S)Oc2ccc(F)cc2)[C@H]1O. The maximum atomic E-state index is 13.0. The molecule has 0 radical (unpaired) electrons.